The largest absolute Gasteiger partial charge is 0.495 e. The minimum Gasteiger partial charge on any atom is -0.495 e. The fourth-order valence-electron chi connectivity index (χ4n) is 3.75. The van der Waals surface area contributed by atoms with E-state index in [1.807, 2.05) is 47.4 Å². The van der Waals surface area contributed by atoms with Gasteiger partial charge in [0.05, 0.1) is 36.0 Å². The molecule has 8 heteroatoms. The lowest BCUT2D eigenvalue weighted by Gasteiger charge is -2.13. The van der Waals surface area contributed by atoms with E-state index in [9.17, 15) is 4.79 Å². The van der Waals surface area contributed by atoms with Crippen LogP contribution in [0, 0.1) is 6.92 Å². The van der Waals surface area contributed by atoms with Crippen molar-refractivity contribution in [1.29, 1.82) is 0 Å². The van der Waals surface area contributed by atoms with Gasteiger partial charge in [-0.25, -0.2) is 4.79 Å². The summed E-state index contributed by atoms with van der Waals surface area (Å²) in [6.45, 7) is 7.00. The first-order chi connectivity index (χ1) is 15.5. The molecule has 0 fully saturated rings. The molecule has 0 unspecified atom stereocenters. The topological polar surface area (TPSA) is 58.3 Å². The molecule has 0 aliphatic rings. The minimum absolute atomic E-state index is 0.304. The average Bonchev–Trinajstić information content (AvgIpc) is 3.36. The van der Waals surface area contributed by atoms with Gasteiger partial charge in [-0.15, -0.1) is 0 Å². The van der Waals surface area contributed by atoms with E-state index in [0.717, 1.165) is 38.6 Å². The predicted octanol–water partition coefficient (Wildman–Crippen LogP) is 6.15. The number of fused-ring (bicyclic) bond motifs is 1. The van der Waals surface area contributed by atoms with E-state index < -0.39 is 5.97 Å². The van der Waals surface area contributed by atoms with E-state index in [-0.39, 0.29) is 0 Å². The molecular weight excluding hydrogens is 446 g/mol. The molecule has 0 N–H and O–H groups in total. The number of para-hydroxylation sites is 1. The summed E-state index contributed by atoms with van der Waals surface area (Å²) in [6.07, 6.45) is 3.87. The highest BCUT2D eigenvalue weighted by Gasteiger charge is 2.22. The Balaban J connectivity index is 1.87. The molecule has 0 aliphatic carbocycles. The van der Waals surface area contributed by atoms with E-state index >= 15 is 0 Å². The van der Waals surface area contributed by atoms with Crippen LogP contribution in [0.25, 0.3) is 16.6 Å². The number of ether oxygens (including phenoxy) is 2. The van der Waals surface area contributed by atoms with Crippen molar-refractivity contribution in [1.82, 2.24) is 14.3 Å². The number of rotatable bonds is 7. The lowest BCUT2D eigenvalue weighted by Crippen LogP contribution is -2.07. The number of benzene rings is 2. The molecule has 2 heterocycles. The molecule has 0 saturated carbocycles. The van der Waals surface area contributed by atoms with Gasteiger partial charge in [-0.05, 0) is 45.0 Å². The van der Waals surface area contributed by atoms with Crippen LogP contribution in [0.4, 0.5) is 0 Å². The fraction of sp³-hybridized carbons (Fsp3) is 0.250. The SMILES string of the molecule is CCOC(=O)c1cccc(Sc2c(C)n(-c3cnn(CC)c3)c3cc(Cl)ccc23)c1OC. The molecule has 0 amide bonds. The van der Waals surface area contributed by atoms with Crippen LogP contribution in [0.2, 0.25) is 5.02 Å². The Hall–Kier alpha value is -2.90. The smallest absolute Gasteiger partial charge is 0.341 e. The zero-order valence-corrected chi connectivity index (χ0v) is 20.0. The molecule has 6 nitrogen and oxygen atoms in total. The summed E-state index contributed by atoms with van der Waals surface area (Å²) in [7, 11) is 1.57. The van der Waals surface area contributed by atoms with Crippen molar-refractivity contribution in [3.63, 3.8) is 0 Å². The molecular formula is C24H24ClN3O3S. The van der Waals surface area contributed by atoms with Crippen molar-refractivity contribution < 1.29 is 14.3 Å². The third-order valence-electron chi connectivity index (χ3n) is 5.20. The number of methoxy groups -OCH3 is 1. The number of hydrogen-bond acceptors (Lipinski definition) is 5. The summed E-state index contributed by atoms with van der Waals surface area (Å²) >= 11 is 7.91. The van der Waals surface area contributed by atoms with Crippen molar-refractivity contribution in [2.75, 3.05) is 13.7 Å². The first kappa shape index (κ1) is 22.3. The first-order valence-corrected chi connectivity index (χ1v) is 11.5. The maximum absolute atomic E-state index is 12.4. The number of nitrogens with zero attached hydrogens (tertiary/aromatic N) is 3. The van der Waals surface area contributed by atoms with Gasteiger partial charge < -0.3 is 14.0 Å². The highest BCUT2D eigenvalue weighted by Crippen LogP contribution is 2.44. The number of carbonyl (C=O) groups excluding carboxylic acids is 1. The van der Waals surface area contributed by atoms with Crippen LogP contribution in [0.1, 0.15) is 29.9 Å². The zero-order valence-electron chi connectivity index (χ0n) is 18.4. The Morgan fingerprint density at radius 3 is 2.72 bits per heavy atom. The molecule has 0 radical (unpaired) electrons. The molecule has 0 aliphatic heterocycles. The number of halogens is 1. The Bertz CT molecular complexity index is 1300. The first-order valence-electron chi connectivity index (χ1n) is 10.3. The highest BCUT2D eigenvalue weighted by molar-refractivity contribution is 7.99. The van der Waals surface area contributed by atoms with Gasteiger partial charge in [0.25, 0.3) is 0 Å². The van der Waals surface area contributed by atoms with E-state index in [4.69, 9.17) is 21.1 Å². The molecule has 2 aromatic carbocycles. The van der Waals surface area contributed by atoms with Gasteiger partial charge in [0, 0.05) is 33.7 Å². The lowest BCUT2D eigenvalue weighted by molar-refractivity contribution is 0.0522. The molecule has 32 heavy (non-hydrogen) atoms. The Labute approximate surface area is 196 Å². The molecule has 2 aromatic heterocycles. The minimum atomic E-state index is -0.398. The van der Waals surface area contributed by atoms with Crippen molar-refractivity contribution in [3.8, 4) is 11.4 Å². The zero-order chi connectivity index (χ0) is 22.8. The lowest BCUT2D eigenvalue weighted by atomic mass is 10.2. The second kappa shape index (κ2) is 9.30. The summed E-state index contributed by atoms with van der Waals surface area (Å²) in [5, 5.41) is 6.16. The van der Waals surface area contributed by atoms with Crippen LogP contribution in [-0.2, 0) is 11.3 Å². The number of aromatic nitrogens is 3. The Morgan fingerprint density at radius 1 is 1.22 bits per heavy atom. The summed E-state index contributed by atoms with van der Waals surface area (Å²) in [6, 6.07) is 11.4. The summed E-state index contributed by atoms with van der Waals surface area (Å²) in [4.78, 5) is 14.3. The van der Waals surface area contributed by atoms with Crippen molar-refractivity contribution in [3.05, 3.63) is 65.1 Å². The maximum atomic E-state index is 12.4. The van der Waals surface area contributed by atoms with Crippen molar-refractivity contribution >= 4 is 40.2 Å². The predicted molar refractivity (Wildman–Crippen MR) is 128 cm³/mol. The highest BCUT2D eigenvalue weighted by atomic mass is 35.5. The van der Waals surface area contributed by atoms with Crippen LogP contribution in [0.15, 0.2) is 58.6 Å². The summed E-state index contributed by atoms with van der Waals surface area (Å²) < 4.78 is 14.9. The fourth-order valence-corrected chi connectivity index (χ4v) is 5.09. The van der Waals surface area contributed by atoms with Crippen LogP contribution < -0.4 is 4.74 Å². The standard InChI is InChI=1S/C24H24ClN3O3S/c1-5-27-14-17(13-26-27)28-15(3)23(18-11-10-16(25)12-20(18)28)32-21-9-7-8-19(22(21)30-4)24(29)31-6-2/h7-14H,5-6H2,1-4H3. The molecule has 0 spiro atoms. The molecule has 4 aromatic rings. The Morgan fingerprint density at radius 2 is 2.03 bits per heavy atom. The van der Waals surface area contributed by atoms with Gasteiger partial charge in [-0.2, -0.15) is 5.10 Å². The van der Waals surface area contributed by atoms with Crippen molar-refractivity contribution in [2.24, 2.45) is 0 Å². The maximum Gasteiger partial charge on any atom is 0.341 e. The Kier molecular flexibility index (Phi) is 6.48. The number of aryl methyl sites for hydroxylation is 1. The van der Waals surface area contributed by atoms with Crippen LogP contribution in [0.3, 0.4) is 0 Å². The molecule has 4 rings (SSSR count). The number of carbonyl (C=O) groups is 1. The second-order valence-electron chi connectivity index (χ2n) is 7.13. The van der Waals surface area contributed by atoms with E-state index in [2.05, 4.69) is 23.5 Å². The monoisotopic (exact) mass is 469 g/mol. The summed E-state index contributed by atoms with van der Waals surface area (Å²) in [5.41, 5.74) is 3.42. The van der Waals surface area contributed by atoms with Gasteiger partial charge in [-0.3, -0.25) is 4.68 Å². The summed E-state index contributed by atoms with van der Waals surface area (Å²) in [5.74, 6) is 0.105. The second-order valence-corrected chi connectivity index (χ2v) is 8.61. The van der Waals surface area contributed by atoms with E-state index in [0.29, 0.717) is 22.9 Å². The van der Waals surface area contributed by atoms with Gasteiger partial charge in [0.1, 0.15) is 11.3 Å². The number of hydrogen-bond donors (Lipinski definition) is 0. The van der Waals surface area contributed by atoms with Gasteiger partial charge in [0.15, 0.2) is 0 Å². The van der Waals surface area contributed by atoms with Gasteiger partial charge in [-0.1, -0.05) is 35.5 Å². The van der Waals surface area contributed by atoms with Crippen LogP contribution in [-0.4, -0.2) is 34.0 Å². The normalized spacial score (nSPS) is 11.2. The van der Waals surface area contributed by atoms with Crippen LogP contribution >= 0.6 is 23.4 Å². The van der Waals surface area contributed by atoms with Gasteiger partial charge in [0.2, 0.25) is 0 Å². The molecule has 0 saturated heterocycles. The average molecular weight is 470 g/mol. The van der Waals surface area contributed by atoms with E-state index in [1.54, 1.807) is 31.9 Å². The number of esters is 1. The molecule has 0 bridgehead atoms. The van der Waals surface area contributed by atoms with Crippen LogP contribution in [0.5, 0.6) is 5.75 Å². The molecule has 166 valence electrons. The van der Waals surface area contributed by atoms with Crippen molar-refractivity contribution in [2.45, 2.75) is 37.1 Å². The third-order valence-corrected chi connectivity index (χ3v) is 6.70. The molecule has 0 atom stereocenters. The quantitative estimate of drug-likeness (QED) is 0.304. The third kappa shape index (κ3) is 3.98. The van der Waals surface area contributed by atoms with Gasteiger partial charge >= 0.3 is 5.97 Å². The van der Waals surface area contributed by atoms with E-state index in [1.165, 1.54) is 0 Å².